The summed E-state index contributed by atoms with van der Waals surface area (Å²) in [5, 5.41) is 0.572. The van der Waals surface area contributed by atoms with Crippen LogP contribution in [-0.4, -0.2) is 21.7 Å². The average molecular weight is 268 g/mol. The molecule has 0 spiro atoms. The van der Waals surface area contributed by atoms with Crippen molar-refractivity contribution in [3.63, 3.8) is 0 Å². The molecule has 1 fully saturated rings. The van der Waals surface area contributed by atoms with Crippen LogP contribution >= 0.6 is 11.3 Å². The molecule has 98 valence electrons. The lowest BCUT2D eigenvalue weighted by molar-refractivity contribution is -0.153. The quantitative estimate of drug-likeness (QED) is 0.487. The summed E-state index contributed by atoms with van der Waals surface area (Å²) in [6.45, 7) is 4.15. The van der Waals surface area contributed by atoms with Crippen molar-refractivity contribution in [1.29, 1.82) is 0 Å². The fourth-order valence-corrected chi connectivity index (χ4v) is 2.70. The van der Waals surface area contributed by atoms with E-state index in [9.17, 15) is 9.59 Å². The van der Waals surface area contributed by atoms with E-state index in [4.69, 9.17) is 5.84 Å². The van der Waals surface area contributed by atoms with Gasteiger partial charge in [0.25, 0.3) is 0 Å². The maximum atomic E-state index is 12.0. The standard InChI is InChI=1S/C11H16N4O2S/c1-11(2)3-8(16)15(9(17)4-11)6-7-5-13-10(14-12)18-7/h5H,3-4,6,12H2,1-2H3,(H,13,14). The van der Waals surface area contributed by atoms with E-state index < -0.39 is 0 Å². The van der Waals surface area contributed by atoms with E-state index in [1.807, 2.05) is 13.8 Å². The highest BCUT2D eigenvalue weighted by atomic mass is 32.1. The topological polar surface area (TPSA) is 88.3 Å². The third kappa shape index (κ3) is 2.68. The van der Waals surface area contributed by atoms with E-state index in [1.54, 1.807) is 6.20 Å². The van der Waals surface area contributed by atoms with Crippen molar-refractivity contribution in [3.05, 3.63) is 11.1 Å². The van der Waals surface area contributed by atoms with Crippen molar-refractivity contribution in [3.8, 4) is 0 Å². The molecule has 0 unspecified atom stereocenters. The van der Waals surface area contributed by atoms with Crippen LogP contribution in [0.25, 0.3) is 0 Å². The second-order valence-electron chi connectivity index (χ2n) is 5.17. The van der Waals surface area contributed by atoms with Crippen molar-refractivity contribution in [2.45, 2.75) is 33.2 Å². The van der Waals surface area contributed by atoms with E-state index in [-0.39, 0.29) is 23.8 Å². The van der Waals surface area contributed by atoms with E-state index in [0.717, 1.165) is 4.88 Å². The number of imide groups is 1. The zero-order valence-electron chi connectivity index (χ0n) is 10.4. The number of nitrogens with zero attached hydrogens (tertiary/aromatic N) is 2. The highest BCUT2D eigenvalue weighted by Gasteiger charge is 2.37. The van der Waals surface area contributed by atoms with Crippen molar-refractivity contribution in [2.24, 2.45) is 11.3 Å². The van der Waals surface area contributed by atoms with Crippen LogP contribution < -0.4 is 11.3 Å². The first-order valence-corrected chi connectivity index (χ1v) is 6.47. The molecule has 1 saturated heterocycles. The summed E-state index contributed by atoms with van der Waals surface area (Å²) >= 11 is 1.34. The zero-order valence-corrected chi connectivity index (χ0v) is 11.2. The maximum absolute atomic E-state index is 12.0. The molecule has 2 amide bonds. The summed E-state index contributed by atoms with van der Waals surface area (Å²) in [7, 11) is 0. The second kappa shape index (κ2) is 4.66. The molecule has 7 heteroatoms. The van der Waals surface area contributed by atoms with Gasteiger partial charge in [0.15, 0.2) is 5.13 Å². The van der Waals surface area contributed by atoms with E-state index in [2.05, 4.69) is 10.4 Å². The number of nitrogens with two attached hydrogens (primary N) is 1. The summed E-state index contributed by atoms with van der Waals surface area (Å²) in [6.07, 6.45) is 2.43. The lowest BCUT2D eigenvalue weighted by Crippen LogP contribution is -2.45. The van der Waals surface area contributed by atoms with Gasteiger partial charge in [-0.2, -0.15) is 0 Å². The predicted octanol–water partition coefficient (Wildman–Crippen LogP) is 1.10. The minimum atomic E-state index is -0.234. The van der Waals surface area contributed by atoms with Gasteiger partial charge in [-0.15, -0.1) is 0 Å². The Bertz CT molecular complexity index is 463. The molecular formula is C11H16N4O2S. The lowest BCUT2D eigenvalue weighted by Gasteiger charge is -2.34. The molecule has 1 aromatic rings. The smallest absolute Gasteiger partial charge is 0.230 e. The molecule has 2 rings (SSSR count). The summed E-state index contributed by atoms with van der Waals surface area (Å²) in [5.41, 5.74) is 2.21. The van der Waals surface area contributed by atoms with Crippen molar-refractivity contribution < 1.29 is 9.59 Å². The van der Waals surface area contributed by atoms with Gasteiger partial charge in [0.2, 0.25) is 11.8 Å². The number of amides is 2. The van der Waals surface area contributed by atoms with Crippen molar-refractivity contribution in [2.75, 3.05) is 5.43 Å². The van der Waals surface area contributed by atoms with E-state index in [1.165, 1.54) is 16.2 Å². The number of aromatic nitrogens is 1. The SMILES string of the molecule is CC1(C)CC(=O)N(Cc2cnc(NN)s2)C(=O)C1. The fourth-order valence-electron chi connectivity index (χ4n) is 1.99. The number of anilines is 1. The van der Waals surface area contributed by atoms with Gasteiger partial charge in [-0.05, 0) is 5.41 Å². The molecule has 1 aliphatic rings. The van der Waals surface area contributed by atoms with Gasteiger partial charge < -0.3 is 0 Å². The van der Waals surface area contributed by atoms with Crippen LogP contribution in [0.3, 0.4) is 0 Å². The molecule has 0 aliphatic carbocycles. The number of piperidine rings is 1. The Morgan fingerprint density at radius 1 is 1.44 bits per heavy atom. The van der Waals surface area contributed by atoms with Gasteiger partial charge in [-0.3, -0.25) is 19.9 Å². The van der Waals surface area contributed by atoms with Gasteiger partial charge in [-0.1, -0.05) is 25.2 Å². The number of nitrogen functional groups attached to an aromatic ring is 1. The Morgan fingerprint density at radius 2 is 2.06 bits per heavy atom. The predicted molar refractivity (Wildman–Crippen MR) is 68.5 cm³/mol. The Balaban J connectivity index is 2.09. The molecule has 1 aliphatic heterocycles. The number of likely N-dealkylation sites (tertiary alicyclic amines) is 1. The molecule has 6 nitrogen and oxygen atoms in total. The van der Waals surface area contributed by atoms with Gasteiger partial charge in [0, 0.05) is 23.9 Å². The number of hydrazine groups is 1. The lowest BCUT2D eigenvalue weighted by atomic mass is 9.82. The molecule has 0 bridgehead atoms. The third-order valence-electron chi connectivity index (χ3n) is 2.85. The van der Waals surface area contributed by atoms with E-state index >= 15 is 0 Å². The zero-order chi connectivity index (χ0) is 13.3. The Hall–Kier alpha value is -1.47. The summed E-state index contributed by atoms with van der Waals surface area (Å²) < 4.78 is 0. The number of hydrogen-bond donors (Lipinski definition) is 2. The highest BCUT2D eigenvalue weighted by Crippen LogP contribution is 2.32. The normalized spacial score (nSPS) is 19.2. The fraction of sp³-hybridized carbons (Fsp3) is 0.545. The molecule has 0 radical (unpaired) electrons. The van der Waals surface area contributed by atoms with Gasteiger partial charge in [0.1, 0.15) is 0 Å². The minimum absolute atomic E-state index is 0.119. The van der Waals surface area contributed by atoms with Crippen LogP contribution in [0, 0.1) is 5.41 Å². The van der Waals surface area contributed by atoms with Crippen LogP contribution in [0.2, 0.25) is 0 Å². The largest absolute Gasteiger partial charge is 0.300 e. The van der Waals surface area contributed by atoms with Crippen LogP contribution in [0.15, 0.2) is 6.20 Å². The number of rotatable bonds is 3. The second-order valence-corrected chi connectivity index (χ2v) is 6.28. The van der Waals surface area contributed by atoms with Gasteiger partial charge in [-0.25, -0.2) is 10.8 Å². The highest BCUT2D eigenvalue weighted by molar-refractivity contribution is 7.15. The number of nitrogens with one attached hydrogen (secondary N) is 1. The summed E-state index contributed by atoms with van der Waals surface area (Å²) in [5.74, 6) is 5.00. The first-order chi connectivity index (χ1) is 8.41. The number of carbonyl (C=O) groups is 2. The summed E-state index contributed by atoms with van der Waals surface area (Å²) in [4.78, 5) is 30.1. The average Bonchev–Trinajstić information content (AvgIpc) is 2.70. The first-order valence-electron chi connectivity index (χ1n) is 5.66. The Kier molecular flexibility index (Phi) is 3.36. The van der Waals surface area contributed by atoms with Crippen molar-refractivity contribution >= 4 is 28.3 Å². The maximum Gasteiger partial charge on any atom is 0.230 e. The monoisotopic (exact) mass is 268 g/mol. The molecule has 1 aromatic heterocycles. The molecule has 0 saturated carbocycles. The van der Waals surface area contributed by atoms with E-state index in [0.29, 0.717) is 18.0 Å². The number of hydrogen-bond acceptors (Lipinski definition) is 6. The van der Waals surface area contributed by atoms with Crippen molar-refractivity contribution in [1.82, 2.24) is 9.88 Å². The number of thiazole rings is 1. The molecule has 18 heavy (non-hydrogen) atoms. The van der Waals surface area contributed by atoms with Gasteiger partial charge >= 0.3 is 0 Å². The minimum Gasteiger partial charge on any atom is -0.300 e. The van der Waals surface area contributed by atoms with Crippen LogP contribution in [0.5, 0.6) is 0 Å². The molecular weight excluding hydrogens is 252 g/mol. The summed E-state index contributed by atoms with van der Waals surface area (Å²) in [6, 6.07) is 0. The van der Waals surface area contributed by atoms with Crippen LogP contribution in [-0.2, 0) is 16.1 Å². The van der Waals surface area contributed by atoms with Crippen LogP contribution in [0.1, 0.15) is 31.6 Å². The van der Waals surface area contributed by atoms with Crippen LogP contribution in [0.4, 0.5) is 5.13 Å². The Morgan fingerprint density at radius 3 is 2.56 bits per heavy atom. The molecule has 3 N–H and O–H groups in total. The molecule has 0 aromatic carbocycles. The Labute approximate surface area is 109 Å². The van der Waals surface area contributed by atoms with Gasteiger partial charge in [0.05, 0.1) is 6.54 Å². The number of carbonyl (C=O) groups excluding carboxylic acids is 2. The molecule has 0 atom stereocenters. The first kappa shape index (κ1) is 13.0. The molecule has 2 heterocycles. The third-order valence-corrected chi connectivity index (χ3v) is 3.77.